The summed E-state index contributed by atoms with van der Waals surface area (Å²) in [6.07, 6.45) is 0.915. The van der Waals surface area contributed by atoms with Gasteiger partial charge >= 0.3 is 5.97 Å². The molecule has 0 aromatic carbocycles. The van der Waals surface area contributed by atoms with E-state index in [1.165, 1.54) is 6.07 Å². The molecule has 1 heterocycles. The lowest BCUT2D eigenvalue weighted by Crippen LogP contribution is -2.17. The van der Waals surface area contributed by atoms with Gasteiger partial charge in [-0.3, -0.25) is 0 Å². The Kier molecular flexibility index (Phi) is 3.49. The maximum absolute atomic E-state index is 10.7. The van der Waals surface area contributed by atoms with Crippen LogP contribution >= 0.6 is 0 Å². The Morgan fingerprint density at radius 1 is 1.67 bits per heavy atom. The summed E-state index contributed by atoms with van der Waals surface area (Å²) in [6.45, 7) is 4.00. The molecule has 1 atom stereocenters. The first-order valence-electron chi connectivity index (χ1n) is 4.81. The van der Waals surface area contributed by atoms with Crippen LogP contribution in [0.4, 0.5) is 11.5 Å². The van der Waals surface area contributed by atoms with E-state index in [9.17, 15) is 4.79 Å². The van der Waals surface area contributed by atoms with E-state index >= 15 is 0 Å². The highest BCUT2D eigenvalue weighted by atomic mass is 16.4. The van der Waals surface area contributed by atoms with Crippen LogP contribution in [-0.2, 0) is 0 Å². The molecule has 0 aliphatic heterocycles. The van der Waals surface area contributed by atoms with E-state index in [0.29, 0.717) is 11.5 Å². The highest BCUT2D eigenvalue weighted by Crippen LogP contribution is 2.17. The molecule has 0 bridgehead atoms. The van der Waals surface area contributed by atoms with E-state index in [2.05, 4.69) is 10.3 Å². The molecule has 82 valence electrons. The fourth-order valence-corrected chi connectivity index (χ4v) is 1.04. The van der Waals surface area contributed by atoms with Crippen LogP contribution in [0.3, 0.4) is 0 Å². The van der Waals surface area contributed by atoms with Gasteiger partial charge in [-0.2, -0.15) is 0 Å². The molecular weight excluding hydrogens is 194 g/mol. The van der Waals surface area contributed by atoms with Crippen LogP contribution in [-0.4, -0.2) is 22.1 Å². The molecule has 0 saturated carbocycles. The molecule has 0 amide bonds. The van der Waals surface area contributed by atoms with Crippen molar-refractivity contribution in [1.29, 1.82) is 0 Å². The Morgan fingerprint density at radius 3 is 2.87 bits per heavy atom. The van der Waals surface area contributed by atoms with Crippen molar-refractivity contribution in [2.24, 2.45) is 0 Å². The topological polar surface area (TPSA) is 88.2 Å². The summed E-state index contributed by atoms with van der Waals surface area (Å²) < 4.78 is 0. The summed E-state index contributed by atoms with van der Waals surface area (Å²) in [5.41, 5.74) is 6.13. The second-order valence-electron chi connectivity index (χ2n) is 3.39. The number of aromatic carboxylic acids is 1. The number of nitrogens with one attached hydrogen (secondary N) is 1. The number of nitrogens with zero attached hydrogens (tertiary/aromatic N) is 1. The monoisotopic (exact) mass is 209 g/mol. The molecule has 0 aliphatic carbocycles. The zero-order chi connectivity index (χ0) is 11.4. The van der Waals surface area contributed by atoms with Crippen molar-refractivity contribution < 1.29 is 9.90 Å². The van der Waals surface area contributed by atoms with Gasteiger partial charge in [-0.05, 0) is 25.5 Å². The van der Waals surface area contributed by atoms with Crippen molar-refractivity contribution >= 4 is 17.5 Å². The molecule has 1 unspecified atom stereocenters. The fourth-order valence-electron chi connectivity index (χ4n) is 1.04. The summed E-state index contributed by atoms with van der Waals surface area (Å²) in [7, 11) is 0. The van der Waals surface area contributed by atoms with Crippen molar-refractivity contribution in [3.8, 4) is 0 Å². The number of nitrogen functional groups attached to an aromatic ring is 1. The van der Waals surface area contributed by atoms with E-state index in [0.717, 1.165) is 6.42 Å². The Bertz CT molecular complexity index is 366. The van der Waals surface area contributed by atoms with Gasteiger partial charge in [-0.15, -0.1) is 0 Å². The first-order valence-corrected chi connectivity index (χ1v) is 4.81. The molecule has 0 saturated heterocycles. The molecule has 0 aliphatic rings. The van der Waals surface area contributed by atoms with E-state index < -0.39 is 5.97 Å². The summed E-state index contributed by atoms with van der Waals surface area (Å²) in [4.78, 5) is 14.6. The van der Waals surface area contributed by atoms with Crippen molar-refractivity contribution in [3.05, 3.63) is 17.8 Å². The predicted molar refractivity (Wildman–Crippen MR) is 59.0 cm³/mol. The van der Waals surface area contributed by atoms with Gasteiger partial charge in [0.1, 0.15) is 5.82 Å². The molecule has 1 aromatic rings. The van der Waals surface area contributed by atoms with Gasteiger partial charge in [0.15, 0.2) is 5.69 Å². The van der Waals surface area contributed by atoms with Crippen LogP contribution < -0.4 is 11.1 Å². The molecule has 1 rings (SSSR count). The van der Waals surface area contributed by atoms with Crippen molar-refractivity contribution in [1.82, 2.24) is 4.98 Å². The molecular formula is C10H15N3O2. The lowest BCUT2D eigenvalue weighted by Gasteiger charge is -2.14. The number of hydrogen-bond donors (Lipinski definition) is 3. The summed E-state index contributed by atoms with van der Waals surface area (Å²) in [5, 5.41) is 11.8. The number of carbonyl (C=O) groups is 1. The lowest BCUT2D eigenvalue weighted by molar-refractivity contribution is 0.0690. The third kappa shape index (κ3) is 2.83. The van der Waals surface area contributed by atoms with Gasteiger partial charge in [0, 0.05) is 6.04 Å². The van der Waals surface area contributed by atoms with Gasteiger partial charge in [-0.1, -0.05) is 6.92 Å². The van der Waals surface area contributed by atoms with Crippen molar-refractivity contribution in [3.63, 3.8) is 0 Å². The molecule has 1 aromatic heterocycles. The average molecular weight is 209 g/mol. The van der Waals surface area contributed by atoms with E-state index in [4.69, 9.17) is 10.8 Å². The number of pyridine rings is 1. The number of carboxylic acids is 1. The Labute approximate surface area is 88.3 Å². The summed E-state index contributed by atoms with van der Waals surface area (Å²) in [6, 6.07) is 3.14. The van der Waals surface area contributed by atoms with E-state index in [1.54, 1.807) is 6.07 Å². The minimum Gasteiger partial charge on any atom is -0.477 e. The largest absolute Gasteiger partial charge is 0.477 e. The molecule has 15 heavy (non-hydrogen) atoms. The normalized spacial score (nSPS) is 12.1. The number of anilines is 2. The highest BCUT2D eigenvalue weighted by molar-refractivity contribution is 5.86. The fraction of sp³-hybridized carbons (Fsp3) is 0.400. The highest BCUT2D eigenvalue weighted by Gasteiger charge is 2.09. The number of aromatic nitrogens is 1. The van der Waals surface area contributed by atoms with E-state index in [-0.39, 0.29) is 11.7 Å². The van der Waals surface area contributed by atoms with E-state index in [1.807, 2.05) is 13.8 Å². The predicted octanol–water partition coefficient (Wildman–Crippen LogP) is 1.57. The number of hydrogen-bond acceptors (Lipinski definition) is 4. The van der Waals surface area contributed by atoms with Gasteiger partial charge in [-0.25, -0.2) is 9.78 Å². The average Bonchev–Trinajstić information content (AvgIpc) is 2.20. The SMILES string of the molecule is CCC(C)Nc1nc(C(=O)O)ccc1N. The first kappa shape index (κ1) is 11.3. The molecule has 0 radical (unpaired) electrons. The van der Waals surface area contributed by atoms with Gasteiger partial charge < -0.3 is 16.2 Å². The van der Waals surface area contributed by atoms with Crippen LogP contribution in [0, 0.1) is 0 Å². The number of rotatable bonds is 4. The third-order valence-electron chi connectivity index (χ3n) is 2.14. The van der Waals surface area contributed by atoms with Crippen LogP contribution in [0.5, 0.6) is 0 Å². The molecule has 5 nitrogen and oxygen atoms in total. The summed E-state index contributed by atoms with van der Waals surface area (Å²) >= 11 is 0. The molecule has 0 spiro atoms. The van der Waals surface area contributed by atoms with Gasteiger partial charge in [0.25, 0.3) is 0 Å². The zero-order valence-electron chi connectivity index (χ0n) is 8.82. The van der Waals surface area contributed by atoms with Crippen LogP contribution in [0.1, 0.15) is 30.8 Å². The quantitative estimate of drug-likeness (QED) is 0.700. The third-order valence-corrected chi connectivity index (χ3v) is 2.14. The van der Waals surface area contributed by atoms with Gasteiger partial charge in [0.05, 0.1) is 5.69 Å². The van der Waals surface area contributed by atoms with Crippen molar-refractivity contribution in [2.45, 2.75) is 26.3 Å². The van der Waals surface area contributed by atoms with Crippen molar-refractivity contribution in [2.75, 3.05) is 11.1 Å². The Morgan fingerprint density at radius 2 is 2.33 bits per heavy atom. The second-order valence-corrected chi connectivity index (χ2v) is 3.39. The Hall–Kier alpha value is -1.78. The molecule has 5 heteroatoms. The van der Waals surface area contributed by atoms with Crippen LogP contribution in [0.15, 0.2) is 12.1 Å². The zero-order valence-corrected chi connectivity index (χ0v) is 8.82. The maximum Gasteiger partial charge on any atom is 0.354 e. The Balaban J connectivity index is 2.95. The number of carboxylic acid groups (broad SMARTS) is 1. The van der Waals surface area contributed by atoms with Crippen LogP contribution in [0.2, 0.25) is 0 Å². The number of nitrogens with two attached hydrogens (primary N) is 1. The molecule has 0 fully saturated rings. The summed E-state index contributed by atoms with van der Waals surface area (Å²) in [5.74, 6) is -0.619. The maximum atomic E-state index is 10.7. The minimum atomic E-state index is -1.05. The van der Waals surface area contributed by atoms with Gasteiger partial charge in [0.2, 0.25) is 0 Å². The minimum absolute atomic E-state index is 0.00463. The molecule has 4 N–H and O–H groups in total. The first-order chi connectivity index (χ1) is 7.04. The van der Waals surface area contributed by atoms with Crippen LogP contribution in [0.25, 0.3) is 0 Å². The standard InChI is InChI=1S/C10H15N3O2/c1-3-6(2)12-9-7(11)4-5-8(13-9)10(14)15/h4-6H,3,11H2,1-2H3,(H,12,13)(H,14,15). The lowest BCUT2D eigenvalue weighted by atomic mass is 10.2. The smallest absolute Gasteiger partial charge is 0.354 e. The second kappa shape index (κ2) is 4.63.